The lowest BCUT2D eigenvalue weighted by Crippen LogP contribution is -1.97. The first-order valence-corrected chi connectivity index (χ1v) is 19.4. The highest BCUT2D eigenvalue weighted by Crippen LogP contribution is 2.44. The van der Waals surface area contributed by atoms with Crippen molar-refractivity contribution in [1.29, 1.82) is 5.26 Å². The van der Waals surface area contributed by atoms with E-state index in [9.17, 15) is 15.2 Å². The predicted octanol–water partition coefficient (Wildman–Crippen LogP) is 12.4. The number of hydrogen-bond acceptors (Lipinski definition) is 5. The molecule has 3 heterocycles. The zero-order valence-corrected chi connectivity index (χ0v) is 30.5. The molecule has 6 rings (SSSR count). The molecule has 0 unspecified atom stereocenters. The second-order valence-corrected chi connectivity index (χ2v) is 14.9. The summed E-state index contributed by atoms with van der Waals surface area (Å²) in [5.74, 6) is -0.275. The molecule has 0 fully saturated rings. The summed E-state index contributed by atoms with van der Waals surface area (Å²) in [6.07, 6.45) is 12.9. The number of nitrogens with zero attached hydrogens (tertiary/aromatic N) is 3. The number of aryl methyl sites for hydroxylation is 2. The van der Waals surface area contributed by atoms with Crippen molar-refractivity contribution in [2.24, 2.45) is 0 Å². The number of unbranched alkanes of at least 4 members (excludes halogenated alkanes) is 6. The molecule has 0 aliphatic carbocycles. The number of aromatic nitrogens is 2. The number of hydrogen-bond donors (Lipinski definition) is 1. The van der Waals surface area contributed by atoms with Gasteiger partial charge < -0.3 is 5.11 Å². The summed E-state index contributed by atoms with van der Waals surface area (Å²) >= 11 is 3.42. The van der Waals surface area contributed by atoms with Crippen LogP contribution in [0.4, 0.5) is 0 Å². The van der Waals surface area contributed by atoms with Crippen LogP contribution in [-0.4, -0.2) is 20.6 Å². The van der Waals surface area contributed by atoms with Crippen molar-refractivity contribution < 1.29 is 9.90 Å². The fourth-order valence-corrected chi connectivity index (χ4v) is 8.99. The number of aliphatic carboxylic acids is 1. The van der Waals surface area contributed by atoms with Crippen molar-refractivity contribution in [3.05, 3.63) is 113 Å². The lowest BCUT2D eigenvalue weighted by molar-refractivity contribution is -0.132. The van der Waals surface area contributed by atoms with Crippen molar-refractivity contribution >= 4 is 45.8 Å². The lowest BCUT2D eigenvalue weighted by atomic mass is 10.0. The molecule has 0 spiro atoms. The Balaban J connectivity index is 1.39. The summed E-state index contributed by atoms with van der Waals surface area (Å²) in [6.45, 7) is 4.46. The smallest absolute Gasteiger partial charge is 0.346 e. The molecule has 0 aliphatic rings. The van der Waals surface area contributed by atoms with E-state index in [0.717, 1.165) is 58.7 Å². The molecular weight excluding hydrogens is 655 g/mol. The summed E-state index contributed by atoms with van der Waals surface area (Å²) in [7, 11) is 0. The number of para-hydroxylation sites is 3. The van der Waals surface area contributed by atoms with Gasteiger partial charge in [0.1, 0.15) is 17.5 Å². The Labute approximate surface area is 303 Å². The zero-order valence-electron chi connectivity index (χ0n) is 28.8. The van der Waals surface area contributed by atoms with Gasteiger partial charge in [-0.1, -0.05) is 107 Å². The Morgan fingerprint density at radius 2 is 1.42 bits per heavy atom. The third-order valence-corrected chi connectivity index (χ3v) is 11.6. The van der Waals surface area contributed by atoms with Crippen molar-refractivity contribution in [3.8, 4) is 43.3 Å². The Bertz CT molecular complexity index is 2130. The van der Waals surface area contributed by atoms with Gasteiger partial charge >= 0.3 is 5.97 Å². The number of fused-ring (bicyclic) bond motifs is 1. The standard InChI is InChI=1S/C43H43N3O2S2/c1-3-5-7-10-16-32-26-36(27-34(29-44)43(47)48)49-41(32)39-28-33(17-11-8-6-4-2)40(50-39)30-22-24-31(25-23-30)42-45-37-20-14-15-21-38(37)46(42)35-18-12-9-13-19-35/h9,12-15,18-28H,3-8,10-11,16-17H2,1-2H3,(H,47,48)/b34-27-. The van der Waals surface area contributed by atoms with Gasteiger partial charge in [0.25, 0.3) is 0 Å². The molecule has 3 aromatic heterocycles. The molecule has 0 aliphatic heterocycles. The molecule has 50 heavy (non-hydrogen) atoms. The van der Waals surface area contributed by atoms with E-state index in [2.05, 4.69) is 97.3 Å². The molecule has 5 nitrogen and oxygen atoms in total. The minimum Gasteiger partial charge on any atom is -0.477 e. The number of rotatable bonds is 16. The monoisotopic (exact) mass is 697 g/mol. The van der Waals surface area contributed by atoms with Crippen molar-refractivity contribution in [3.63, 3.8) is 0 Å². The van der Waals surface area contributed by atoms with Gasteiger partial charge in [-0.05, 0) is 84.8 Å². The first-order valence-electron chi connectivity index (χ1n) is 17.7. The van der Waals surface area contributed by atoms with Crippen LogP contribution in [0, 0.1) is 11.3 Å². The fraction of sp³-hybridized carbons (Fsp3) is 0.279. The minimum absolute atomic E-state index is 0.236. The van der Waals surface area contributed by atoms with Crippen LogP contribution >= 0.6 is 22.7 Å². The molecule has 0 saturated heterocycles. The maximum absolute atomic E-state index is 11.7. The van der Waals surface area contributed by atoms with E-state index in [-0.39, 0.29) is 5.57 Å². The minimum atomic E-state index is -1.19. The van der Waals surface area contributed by atoms with Gasteiger partial charge in [0.05, 0.1) is 11.0 Å². The van der Waals surface area contributed by atoms with Crippen LogP contribution in [0.25, 0.3) is 54.4 Å². The summed E-state index contributed by atoms with van der Waals surface area (Å²) in [5.41, 5.74) is 7.74. The number of carboxylic acids is 1. The molecule has 7 heteroatoms. The number of thiophene rings is 2. The molecule has 0 bridgehead atoms. The Morgan fingerprint density at radius 3 is 2.08 bits per heavy atom. The molecule has 254 valence electrons. The SMILES string of the molecule is CCCCCCc1cc(-c2sc(/C=C(/C#N)C(=O)O)cc2CCCCCC)sc1-c1ccc(-c2nc3ccccc3n2-c2ccccc2)cc1. The van der Waals surface area contributed by atoms with E-state index in [1.165, 1.54) is 75.9 Å². The molecule has 0 amide bonds. The summed E-state index contributed by atoms with van der Waals surface area (Å²) in [6, 6.07) is 33.8. The lowest BCUT2D eigenvalue weighted by Gasteiger charge is -2.10. The van der Waals surface area contributed by atoms with Crippen LogP contribution in [0.3, 0.4) is 0 Å². The molecular formula is C43H43N3O2S2. The summed E-state index contributed by atoms with van der Waals surface area (Å²) in [4.78, 5) is 21.2. The van der Waals surface area contributed by atoms with E-state index in [1.807, 2.05) is 29.5 Å². The number of nitriles is 1. The van der Waals surface area contributed by atoms with Crippen LogP contribution in [0.5, 0.6) is 0 Å². The zero-order chi connectivity index (χ0) is 34.9. The van der Waals surface area contributed by atoms with Crippen LogP contribution in [0.1, 0.15) is 81.2 Å². The van der Waals surface area contributed by atoms with Gasteiger partial charge in [0.2, 0.25) is 0 Å². The molecule has 0 saturated carbocycles. The summed E-state index contributed by atoms with van der Waals surface area (Å²) in [5, 5.41) is 19.0. The molecule has 0 atom stereocenters. The number of imidazole rings is 1. The van der Waals surface area contributed by atoms with Crippen LogP contribution in [0.2, 0.25) is 0 Å². The van der Waals surface area contributed by atoms with Gasteiger partial charge in [-0.2, -0.15) is 5.26 Å². The first-order chi connectivity index (χ1) is 24.5. The third-order valence-electron chi connectivity index (χ3n) is 9.08. The fourth-order valence-electron chi connectivity index (χ4n) is 6.48. The predicted molar refractivity (Wildman–Crippen MR) is 210 cm³/mol. The van der Waals surface area contributed by atoms with Gasteiger partial charge in [0, 0.05) is 30.8 Å². The van der Waals surface area contributed by atoms with E-state index in [1.54, 1.807) is 11.3 Å². The molecule has 6 aromatic rings. The molecule has 0 radical (unpaired) electrons. The Morgan fingerprint density at radius 1 is 0.780 bits per heavy atom. The highest BCUT2D eigenvalue weighted by atomic mass is 32.1. The van der Waals surface area contributed by atoms with Crippen molar-refractivity contribution in [2.45, 2.75) is 78.1 Å². The second-order valence-electron chi connectivity index (χ2n) is 12.7. The maximum atomic E-state index is 11.7. The maximum Gasteiger partial charge on any atom is 0.346 e. The van der Waals surface area contributed by atoms with Gasteiger partial charge in [-0.25, -0.2) is 9.78 Å². The van der Waals surface area contributed by atoms with Crippen LogP contribution in [0.15, 0.2) is 96.6 Å². The van der Waals surface area contributed by atoms with Gasteiger partial charge in [0.15, 0.2) is 0 Å². The Hall–Kier alpha value is -4.77. The first kappa shape index (κ1) is 35.1. The van der Waals surface area contributed by atoms with Crippen molar-refractivity contribution in [1.82, 2.24) is 9.55 Å². The van der Waals surface area contributed by atoms with E-state index in [4.69, 9.17) is 4.98 Å². The molecule has 3 aromatic carbocycles. The average Bonchev–Trinajstić information content (AvgIpc) is 3.86. The molecule has 1 N–H and O–H groups in total. The van der Waals surface area contributed by atoms with E-state index >= 15 is 0 Å². The van der Waals surface area contributed by atoms with Crippen LogP contribution in [-0.2, 0) is 17.6 Å². The topological polar surface area (TPSA) is 78.9 Å². The Kier molecular flexibility index (Phi) is 11.8. The van der Waals surface area contributed by atoms with Gasteiger partial charge in [-0.3, -0.25) is 4.57 Å². The largest absolute Gasteiger partial charge is 0.477 e. The third kappa shape index (κ3) is 7.99. The normalized spacial score (nSPS) is 11.7. The van der Waals surface area contributed by atoms with Crippen LogP contribution < -0.4 is 0 Å². The average molecular weight is 698 g/mol. The van der Waals surface area contributed by atoms with E-state index in [0.29, 0.717) is 0 Å². The van der Waals surface area contributed by atoms with Gasteiger partial charge in [-0.15, -0.1) is 22.7 Å². The highest BCUT2D eigenvalue weighted by Gasteiger charge is 2.19. The second kappa shape index (κ2) is 16.8. The summed E-state index contributed by atoms with van der Waals surface area (Å²) < 4.78 is 2.24. The van der Waals surface area contributed by atoms with Crippen molar-refractivity contribution in [2.75, 3.05) is 0 Å². The number of carbonyl (C=O) groups is 1. The number of benzene rings is 3. The number of carboxylic acid groups (broad SMARTS) is 1. The highest BCUT2D eigenvalue weighted by molar-refractivity contribution is 7.24. The van der Waals surface area contributed by atoms with E-state index < -0.39 is 5.97 Å². The quantitative estimate of drug-likeness (QED) is 0.0620.